The smallest absolute Gasteiger partial charge is 0.163 e. The molecule has 0 aromatic heterocycles. The van der Waals surface area contributed by atoms with E-state index in [1.54, 1.807) is 20.1 Å². The Labute approximate surface area is 101 Å². The first-order chi connectivity index (χ1) is 8.04. The van der Waals surface area contributed by atoms with Crippen LogP contribution in [0, 0.1) is 0 Å². The van der Waals surface area contributed by atoms with Gasteiger partial charge < -0.3 is 9.47 Å². The zero-order chi connectivity index (χ0) is 12.6. The van der Waals surface area contributed by atoms with Crippen LogP contribution in [0.5, 0.6) is 11.5 Å². The molecule has 1 atom stereocenters. The van der Waals surface area contributed by atoms with E-state index in [-0.39, 0.29) is 11.9 Å². The van der Waals surface area contributed by atoms with Gasteiger partial charge in [0.15, 0.2) is 5.78 Å². The second-order valence-electron chi connectivity index (χ2n) is 4.33. The summed E-state index contributed by atoms with van der Waals surface area (Å²) in [6.07, 6.45) is 0.659. The van der Waals surface area contributed by atoms with Crippen LogP contribution < -0.4 is 9.47 Å². The summed E-state index contributed by atoms with van der Waals surface area (Å²) in [6.45, 7) is 7.38. The Bertz CT molecular complexity index is 488. The summed E-state index contributed by atoms with van der Waals surface area (Å²) in [5.41, 5.74) is 2.54. The first-order valence-electron chi connectivity index (χ1n) is 5.57. The van der Waals surface area contributed by atoms with Crippen LogP contribution in [-0.4, -0.2) is 19.0 Å². The Morgan fingerprint density at radius 1 is 1.47 bits per heavy atom. The minimum atomic E-state index is -0.0322. The first kappa shape index (κ1) is 11.7. The largest absolute Gasteiger partial charge is 0.496 e. The molecule has 1 aromatic rings. The van der Waals surface area contributed by atoms with Crippen molar-refractivity contribution in [1.82, 2.24) is 0 Å². The molecule has 3 heteroatoms. The maximum atomic E-state index is 11.7. The van der Waals surface area contributed by atoms with Crippen LogP contribution in [0.2, 0.25) is 0 Å². The lowest BCUT2D eigenvalue weighted by molar-refractivity contribution is 0.101. The molecule has 1 aliphatic heterocycles. The molecule has 0 saturated heterocycles. The van der Waals surface area contributed by atoms with E-state index in [4.69, 9.17) is 9.47 Å². The number of hydrogen-bond donors (Lipinski definition) is 0. The normalized spacial score (nSPS) is 17.2. The van der Waals surface area contributed by atoms with Crippen LogP contribution in [0.1, 0.15) is 29.8 Å². The molecule has 1 aromatic carbocycles. The Morgan fingerprint density at radius 3 is 2.71 bits per heavy atom. The van der Waals surface area contributed by atoms with Crippen LogP contribution in [0.25, 0.3) is 0 Å². The van der Waals surface area contributed by atoms with Gasteiger partial charge in [-0.3, -0.25) is 4.79 Å². The zero-order valence-electron chi connectivity index (χ0n) is 10.4. The SMILES string of the molecule is C=C(C)[C@H]1Cc2c(ccc(OC)c2C(C)=O)O1. The Balaban J connectivity index is 2.50. The molecule has 3 nitrogen and oxygen atoms in total. The standard InChI is InChI=1S/C14H16O3/c1-8(2)13-7-10-11(17-13)5-6-12(16-4)14(10)9(3)15/h5-6,13H,1,7H2,2-4H3/t13-/m1/s1. The number of hydrogen-bond acceptors (Lipinski definition) is 3. The number of benzene rings is 1. The van der Waals surface area contributed by atoms with Crippen molar-refractivity contribution < 1.29 is 14.3 Å². The lowest BCUT2D eigenvalue weighted by atomic mass is 9.97. The van der Waals surface area contributed by atoms with Gasteiger partial charge in [-0.2, -0.15) is 0 Å². The molecular formula is C14H16O3. The molecular weight excluding hydrogens is 216 g/mol. The fourth-order valence-corrected chi connectivity index (χ4v) is 2.13. The molecule has 0 bridgehead atoms. The number of ketones is 1. The van der Waals surface area contributed by atoms with E-state index in [2.05, 4.69) is 6.58 Å². The fraction of sp³-hybridized carbons (Fsp3) is 0.357. The second-order valence-corrected chi connectivity index (χ2v) is 4.33. The molecule has 0 radical (unpaired) electrons. The predicted molar refractivity (Wildman–Crippen MR) is 65.9 cm³/mol. The number of carbonyl (C=O) groups is 1. The van der Waals surface area contributed by atoms with Crippen molar-refractivity contribution in [1.29, 1.82) is 0 Å². The van der Waals surface area contributed by atoms with Gasteiger partial charge >= 0.3 is 0 Å². The van der Waals surface area contributed by atoms with Crippen molar-refractivity contribution in [2.75, 3.05) is 7.11 Å². The lowest BCUT2D eigenvalue weighted by Crippen LogP contribution is -2.13. The van der Waals surface area contributed by atoms with Gasteiger partial charge in [0.25, 0.3) is 0 Å². The summed E-state index contributed by atoms with van der Waals surface area (Å²) in [7, 11) is 1.57. The molecule has 0 amide bonds. The number of rotatable bonds is 3. The van der Waals surface area contributed by atoms with Gasteiger partial charge in [0, 0.05) is 12.0 Å². The van der Waals surface area contributed by atoms with Gasteiger partial charge in [-0.15, -0.1) is 0 Å². The zero-order valence-corrected chi connectivity index (χ0v) is 10.4. The molecule has 0 N–H and O–H groups in total. The second kappa shape index (κ2) is 4.24. The number of carbonyl (C=O) groups excluding carboxylic acids is 1. The van der Waals surface area contributed by atoms with E-state index in [1.165, 1.54) is 0 Å². The topological polar surface area (TPSA) is 35.5 Å². The van der Waals surface area contributed by atoms with Gasteiger partial charge in [0.1, 0.15) is 17.6 Å². The maximum absolute atomic E-state index is 11.7. The molecule has 17 heavy (non-hydrogen) atoms. The molecule has 0 fully saturated rings. The van der Waals surface area contributed by atoms with E-state index in [0.717, 1.165) is 16.9 Å². The van der Waals surface area contributed by atoms with Crippen molar-refractivity contribution in [3.8, 4) is 11.5 Å². The van der Waals surface area contributed by atoms with Crippen molar-refractivity contribution in [3.05, 3.63) is 35.4 Å². The van der Waals surface area contributed by atoms with E-state index in [1.807, 2.05) is 13.0 Å². The minimum absolute atomic E-state index is 0.00432. The van der Waals surface area contributed by atoms with E-state index in [9.17, 15) is 4.79 Å². The summed E-state index contributed by atoms with van der Waals surface area (Å²) in [5.74, 6) is 1.39. The minimum Gasteiger partial charge on any atom is -0.496 e. The highest BCUT2D eigenvalue weighted by Gasteiger charge is 2.29. The number of fused-ring (bicyclic) bond motifs is 1. The third-order valence-electron chi connectivity index (χ3n) is 3.01. The molecule has 1 heterocycles. The van der Waals surface area contributed by atoms with Crippen LogP contribution >= 0.6 is 0 Å². The maximum Gasteiger partial charge on any atom is 0.163 e. The quantitative estimate of drug-likeness (QED) is 0.593. The molecule has 0 aliphatic carbocycles. The summed E-state index contributed by atoms with van der Waals surface area (Å²) in [5, 5.41) is 0. The molecule has 0 spiro atoms. The van der Waals surface area contributed by atoms with E-state index in [0.29, 0.717) is 17.7 Å². The van der Waals surface area contributed by atoms with Crippen LogP contribution in [0.3, 0.4) is 0 Å². The highest BCUT2D eigenvalue weighted by Crippen LogP contribution is 2.38. The van der Waals surface area contributed by atoms with Crippen molar-refractivity contribution >= 4 is 5.78 Å². The summed E-state index contributed by atoms with van der Waals surface area (Å²) in [4.78, 5) is 11.7. The summed E-state index contributed by atoms with van der Waals surface area (Å²) < 4.78 is 11.0. The summed E-state index contributed by atoms with van der Waals surface area (Å²) in [6, 6.07) is 3.62. The first-order valence-corrected chi connectivity index (χ1v) is 5.57. The molecule has 2 rings (SSSR count). The average molecular weight is 232 g/mol. The van der Waals surface area contributed by atoms with Crippen molar-refractivity contribution in [2.45, 2.75) is 26.4 Å². The molecule has 0 saturated carbocycles. The van der Waals surface area contributed by atoms with Crippen LogP contribution in [0.15, 0.2) is 24.3 Å². The van der Waals surface area contributed by atoms with Crippen molar-refractivity contribution in [3.63, 3.8) is 0 Å². The summed E-state index contributed by atoms with van der Waals surface area (Å²) >= 11 is 0. The molecule has 0 unspecified atom stereocenters. The molecule has 1 aliphatic rings. The Morgan fingerprint density at radius 2 is 2.18 bits per heavy atom. The number of ether oxygens (including phenoxy) is 2. The highest BCUT2D eigenvalue weighted by molar-refractivity contribution is 5.99. The Hall–Kier alpha value is -1.77. The predicted octanol–water partition coefficient (Wildman–Crippen LogP) is 2.78. The van der Waals surface area contributed by atoms with Crippen molar-refractivity contribution in [2.24, 2.45) is 0 Å². The third-order valence-corrected chi connectivity index (χ3v) is 3.01. The Kier molecular flexibility index (Phi) is 2.92. The highest BCUT2D eigenvalue weighted by atomic mass is 16.5. The van der Waals surface area contributed by atoms with Crippen LogP contribution in [-0.2, 0) is 6.42 Å². The average Bonchev–Trinajstić information content (AvgIpc) is 2.70. The van der Waals surface area contributed by atoms with Crippen LogP contribution in [0.4, 0.5) is 0 Å². The lowest BCUT2D eigenvalue weighted by Gasteiger charge is -2.09. The van der Waals surface area contributed by atoms with Gasteiger partial charge in [-0.25, -0.2) is 0 Å². The van der Waals surface area contributed by atoms with Gasteiger partial charge in [-0.1, -0.05) is 6.58 Å². The molecule has 90 valence electrons. The van der Waals surface area contributed by atoms with E-state index >= 15 is 0 Å². The number of methoxy groups -OCH3 is 1. The fourth-order valence-electron chi connectivity index (χ4n) is 2.13. The van der Waals surface area contributed by atoms with Gasteiger partial charge in [-0.05, 0) is 31.6 Å². The monoisotopic (exact) mass is 232 g/mol. The van der Waals surface area contributed by atoms with Gasteiger partial charge in [0.05, 0.1) is 12.7 Å². The third kappa shape index (κ3) is 1.93. The van der Waals surface area contributed by atoms with E-state index < -0.39 is 0 Å². The number of Topliss-reactive ketones (excluding diaryl/α,β-unsaturated/α-hetero) is 1. The van der Waals surface area contributed by atoms with Gasteiger partial charge in [0.2, 0.25) is 0 Å².